The van der Waals surface area contributed by atoms with Crippen LogP contribution in [0, 0.1) is 0 Å². The zero-order valence-electron chi connectivity index (χ0n) is 29.5. The molecule has 0 aliphatic rings. The minimum Gasteiger partial charge on any atom is -0.291 e. The van der Waals surface area contributed by atoms with Crippen LogP contribution in [0.3, 0.4) is 0 Å². The Kier molecular flexibility index (Phi) is 6.73. The van der Waals surface area contributed by atoms with E-state index in [9.17, 15) is 0 Å². The Labute approximate surface area is 311 Å². The topological polar surface area (TPSA) is 43.1 Å². The number of benzene rings is 7. The standard InChI is InChI=1S/C50H32N4/c1-2-3-4-15-34-30-42(36-16-7-9-18-38(36)45(34)35-23-22-31-13-5-6-14-32(31)28-35)33-24-25-44-43(29-33)37-17-8-10-19-39(37)50-53-48-40-20-11-26-51-46(40)47-41(21-12-27-52-47)49(48)54(44)50/h2-30H,1H3/b3-2-,15-4-. The first-order valence-corrected chi connectivity index (χ1v) is 18.4. The van der Waals surface area contributed by atoms with Crippen molar-refractivity contribution in [3.05, 3.63) is 176 Å². The van der Waals surface area contributed by atoms with Crippen molar-refractivity contribution in [3.63, 3.8) is 0 Å². The van der Waals surface area contributed by atoms with Crippen molar-refractivity contribution >= 4 is 87.8 Å². The van der Waals surface area contributed by atoms with Crippen LogP contribution < -0.4 is 0 Å². The summed E-state index contributed by atoms with van der Waals surface area (Å²) in [5, 5.41) is 10.4. The van der Waals surface area contributed by atoms with Gasteiger partial charge in [-0.25, -0.2) is 4.98 Å². The molecular weight excluding hydrogens is 657 g/mol. The molecule has 0 N–H and O–H groups in total. The summed E-state index contributed by atoms with van der Waals surface area (Å²) in [5.74, 6) is 0. The van der Waals surface area contributed by atoms with Gasteiger partial charge in [-0.3, -0.25) is 14.4 Å². The van der Waals surface area contributed by atoms with Crippen molar-refractivity contribution in [2.75, 3.05) is 0 Å². The highest BCUT2D eigenvalue weighted by Gasteiger charge is 2.21. The number of hydrogen-bond acceptors (Lipinski definition) is 3. The highest BCUT2D eigenvalue weighted by atomic mass is 15.0. The Bertz CT molecular complexity index is 3400. The van der Waals surface area contributed by atoms with E-state index in [0.717, 1.165) is 49.4 Å². The highest BCUT2D eigenvalue weighted by molar-refractivity contribution is 6.25. The van der Waals surface area contributed by atoms with Crippen LogP contribution in [0.4, 0.5) is 0 Å². The molecule has 4 heteroatoms. The third-order valence-corrected chi connectivity index (χ3v) is 10.9. The first-order valence-electron chi connectivity index (χ1n) is 18.4. The minimum absolute atomic E-state index is 0.873. The molecule has 0 saturated heterocycles. The maximum atomic E-state index is 5.38. The summed E-state index contributed by atoms with van der Waals surface area (Å²) in [6, 6.07) is 50.5. The smallest absolute Gasteiger partial charge is 0.146 e. The van der Waals surface area contributed by atoms with Gasteiger partial charge in [0.05, 0.1) is 27.6 Å². The molecule has 4 nitrogen and oxygen atoms in total. The Morgan fingerprint density at radius 1 is 0.500 bits per heavy atom. The van der Waals surface area contributed by atoms with Gasteiger partial charge in [0, 0.05) is 33.9 Å². The van der Waals surface area contributed by atoms with E-state index in [-0.39, 0.29) is 0 Å². The average molecular weight is 689 g/mol. The van der Waals surface area contributed by atoms with E-state index in [2.05, 4.69) is 163 Å². The molecule has 0 atom stereocenters. The SMILES string of the molecule is C/C=C\C=C/c1cc(-c2ccc3c(c2)c2ccccc2c2nc4c5cccnc5c5ncccc5c4n32)c2ccccc2c1-c1ccc2ccccc2c1. The fraction of sp³-hybridized carbons (Fsp3) is 0.0200. The van der Waals surface area contributed by atoms with Gasteiger partial charge in [-0.1, -0.05) is 115 Å². The number of allylic oxidation sites excluding steroid dienone is 3. The number of rotatable bonds is 4. The van der Waals surface area contributed by atoms with E-state index in [4.69, 9.17) is 15.0 Å². The van der Waals surface area contributed by atoms with Crippen molar-refractivity contribution in [2.24, 2.45) is 0 Å². The molecule has 11 rings (SSSR count). The van der Waals surface area contributed by atoms with Gasteiger partial charge in [0.2, 0.25) is 0 Å². The van der Waals surface area contributed by atoms with Crippen molar-refractivity contribution in [1.29, 1.82) is 0 Å². The second kappa shape index (κ2) is 11.9. The lowest BCUT2D eigenvalue weighted by Gasteiger charge is -2.17. The van der Waals surface area contributed by atoms with E-state index in [1.807, 2.05) is 24.5 Å². The van der Waals surface area contributed by atoms with Crippen LogP contribution >= 0.6 is 0 Å². The Balaban J connectivity index is 1.23. The Morgan fingerprint density at radius 2 is 1.19 bits per heavy atom. The molecule has 0 amide bonds. The van der Waals surface area contributed by atoms with Crippen LogP contribution in [0.25, 0.3) is 110 Å². The predicted octanol–water partition coefficient (Wildman–Crippen LogP) is 13.1. The summed E-state index contributed by atoms with van der Waals surface area (Å²) in [7, 11) is 0. The first kappa shape index (κ1) is 30.5. The normalized spacial score (nSPS) is 12.4. The average Bonchev–Trinajstić information content (AvgIpc) is 3.65. The molecule has 252 valence electrons. The van der Waals surface area contributed by atoms with Gasteiger partial charge in [-0.2, -0.15) is 0 Å². The third-order valence-electron chi connectivity index (χ3n) is 10.9. The molecular formula is C50H32N4. The van der Waals surface area contributed by atoms with E-state index in [0.29, 0.717) is 0 Å². The highest BCUT2D eigenvalue weighted by Crippen LogP contribution is 2.43. The van der Waals surface area contributed by atoms with Crippen molar-refractivity contribution in [1.82, 2.24) is 19.4 Å². The second-order valence-corrected chi connectivity index (χ2v) is 13.9. The maximum absolute atomic E-state index is 5.38. The molecule has 54 heavy (non-hydrogen) atoms. The molecule has 0 aliphatic heterocycles. The van der Waals surface area contributed by atoms with Crippen LogP contribution in [-0.2, 0) is 0 Å². The predicted molar refractivity (Wildman–Crippen MR) is 228 cm³/mol. The number of nitrogens with zero attached hydrogens (tertiary/aromatic N) is 4. The van der Waals surface area contributed by atoms with Gasteiger partial charge < -0.3 is 0 Å². The lowest BCUT2D eigenvalue weighted by Crippen LogP contribution is -1.95. The minimum atomic E-state index is 0.873. The first-order chi connectivity index (χ1) is 26.8. The summed E-state index contributed by atoms with van der Waals surface area (Å²) in [6.07, 6.45) is 12.2. The fourth-order valence-electron chi connectivity index (χ4n) is 8.57. The van der Waals surface area contributed by atoms with Gasteiger partial charge in [-0.15, -0.1) is 0 Å². The Hall–Kier alpha value is -7.17. The van der Waals surface area contributed by atoms with Gasteiger partial charge >= 0.3 is 0 Å². The Morgan fingerprint density at radius 3 is 2.02 bits per heavy atom. The zero-order chi connectivity index (χ0) is 35.8. The number of pyridine rings is 3. The lowest BCUT2D eigenvalue weighted by atomic mass is 9.87. The molecule has 4 heterocycles. The van der Waals surface area contributed by atoms with Crippen molar-refractivity contribution in [2.45, 2.75) is 6.92 Å². The van der Waals surface area contributed by atoms with Gasteiger partial charge in [0.1, 0.15) is 5.65 Å². The molecule has 0 saturated carbocycles. The summed E-state index contributed by atoms with van der Waals surface area (Å²) < 4.78 is 2.35. The van der Waals surface area contributed by atoms with Crippen LogP contribution in [0.2, 0.25) is 0 Å². The largest absolute Gasteiger partial charge is 0.291 e. The van der Waals surface area contributed by atoms with Crippen molar-refractivity contribution < 1.29 is 0 Å². The quantitative estimate of drug-likeness (QED) is 0.137. The van der Waals surface area contributed by atoms with E-state index in [1.54, 1.807) is 0 Å². The van der Waals surface area contributed by atoms with Crippen LogP contribution in [-0.4, -0.2) is 19.4 Å². The third kappa shape index (κ3) is 4.47. The molecule has 0 fully saturated rings. The summed E-state index contributed by atoms with van der Waals surface area (Å²) in [5.41, 5.74) is 11.8. The molecule has 0 aliphatic carbocycles. The summed E-state index contributed by atoms with van der Waals surface area (Å²) in [6.45, 7) is 2.05. The molecule has 0 spiro atoms. The van der Waals surface area contributed by atoms with Gasteiger partial charge in [0.25, 0.3) is 0 Å². The summed E-state index contributed by atoms with van der Waals surface area (Å²) >= 11 is 0. The molecule has 11 aromatic rings. The molecule has 0 bridgehead atoms. The molecule has 7 aromatic carbocycles. The van der Waals surface area contributed by atoms with Gasteiger partial charge in [-0.05, 0) is 110 Å². The number of fused-ring (bicyclic) bond motifs is 15. The number of imidazole rings is 1. The van der Waals surface area contributed by atoms with Crippen LogP contribution in [0.1, 0.15) is 12.5 Å². The lowest BCUT2D eigenvalue weighted by molar-refractivity contribution is 1.32. The van der Waals surface area contributed by atoms with E-state index >= 15 is 0 Å². The van der Waals surface area contributed by atoms with Crippen LogP contribution in [0.15, 0.2) is 170 Å². The zero-order valence-corrected chi connectivity index (χ0v) is 29.5. The summed E-state index contributed by atoms with van der Waals surface area (Å²) in [4.78, 5) is 15.0. The number of aromatic nitrogens is 4. The molecule has 0 unspecified atom stereocenters. The van der Waals surface area contributed by atoms with E-state index < -0.39 is 0 Å². The van der Waals surface area contributed by atoms with Gasteiger partial charge in [0.15, 0.2) is 0 Å². The van der Waals surface area contributed by atoms with Crippen LogP contribution in [0.5, 0.6) is 0 Å². The molecule has 4 aromatic heterocycles. The monoisotopic (exact) mass is 688 g/mol. The van der Waals surface area contributed by atoms with Crippen molar-refractivity contribution in [3.8, 4) is 22.3 Å². The second-order valence-electron chi connectivity index (χ2n) is 13.9. The number of hydrogen-bond donors (Lipinski definition) is 0. The van der Waals surface area contributed by atoms with E-state index in [1.165, 1.54) is 60.1 Å². The molecule has 0 radical (unpaired) electrons. The maximum Gasteiger partial charge on any atom is 0.146 e. The fourth-order valence-corrected chi connectivity index (χ4v) is 8.57.